The van der Waals surface area contributed by atoms with E-state index in [1.54, 1.807) is 12.1 Å². The lowest BCUT2D eigenvalue weighted by molar-refractivity contribution is 0.474. The molecule has 3 nitrogen and oxygen atoms in total. The summed E-state index contributed by atoms with van der Waals surface area (Å²) < 4.78 is 1.99. The number of hydrogen-bond acceptors (Lipinski definition) is 3. The Labute approximate surface area is 145 Å². The topological polar surface area (TPSA) is 52.8 Å². The average Bonchev–Trinajstić information content (AvgIpc) is 2.33. The van der Waals surface area contributed by atoms with E-state index in [1.165, 1.54) is 18.3 Å². The van der Waals surface area contributed by atoms with Crippen LogP contribution in [0.2, 0.25) is 5.02 Å². The van der Waals surface area contributed by atoms with Crippen LogP contribution in [0, 0.1) is 0 Å². The Bertz CT molecular complexity index is 681. The summed E-state index contributed by atoms with van der Waals surface area (Å²) in [6, 6.07) is 6.36. The molecule has 0 atom stereocenters. The molecule has 0 unspecified atom stereocenters. The summed E-state index contributed by atoms with van der Waals surface area (Å²) in [5, 5.41) is 19.6. The van der Waals surface area contributed by atoms with Gasteiger partial charge in [-0.2, -0.15) is 0 Å². The molecule has 0 radical (unpaired) electrons. The van der Waals surface area contributed by atoms with Crippen molar-refractivity contribution in [3.8, 4) is 11.5 Å². The van der Waals surface area contributed by atoms with E-state index in [9.17, 15) is 10.2 Å². The number of hydrogen-bond donors (Lipinski definition) is 2. The van der Waals surface area contributed by atoms with Gasteiger partial charge in [-0.3, -0.25) is 4.99 Å². The number of halogens is 4. The van der Waals surface area contributed by atoms with Crippen LogP contribution >= 0.6 is 59.4 Å². The van der Waals surface area contributed by atoms with Gasteiger partial charge in [0.2, 0.25) is 0 Å². The highest BCUT2D eigenvalue weighted by Gasteiger charge is 2.08. The predicted molar refractivity (Wildman–Crippen MR) is 91.6 cm³/mol. The van der Waals surface area contributed by atoms with Gasteiger partial charge < -0.3 is 10.2 Å². The van der Waals surface area contributed by atoms with E-state index >= 15 is 0 Å². The zero-order chi connectivity index (χ0) is 14.9. The van der Waals surface area contributed by atoms with Crippen LogP contribution in [0.3, 0.4) is 0 Å². The molecule has 0 saturated heterocycles. The SMILES string of the molecule is Oc1cc(Br)c(N=Cc2cc(Br)cc(Cl)c2O)c(Br)c1. The fraction of sp³-hybridized carbons (Fsp3) is 0. The van der Waals surface area contributed by atoms with Gasteiger partial charge in [-0.15, -0.1) is 0 Å². The van der Waals surface area contributed by atoms with Crippen molar-refractivity contribution in [2.75, 3.05) is 0 Å². The predicted octanol–water partition coefficient (Wildman–Crippen LogP) is 5.79. The molecule has 0 aliphatic carbocycles. The molecule has 0 aromatic heterocycles. The molecule has 0 aliphatic rings. The third-order valence-electron chi connectivity index (χ3n) is 2.39. The van der Waals surface area contributed by atoms with Crippen LogP contribution in [0.1, 0.15) is 5.56 Å². The minimum Gasteiger partial charge on any atom is -0.508 e. The van der Waals surface area contributed by atoms with Crippen molar-refractivity contribution in [2.24, 2.45) is 4.99 Å². The smallest absolute Gasteiger partial charge is 0.143 e. The van der Waals surface area contributed by atoms with E-state index in [4.69, 9.17) is 11.6 Å². The van der Waals surface area contributed by atoms with E-state index in [0.29, 0.717) is 20.2 Å². The van der Waals surface area contributed by atoms with Gasteiger partial charge in [-0.05, 0) is 56.1 Å². The first kappa shape index (κ1) is 15.8. The van der Waals surface area contributed by atoms with Crippen molar-refractivity contribution < 1.29 is 10.2 Å². The largest absolute Gasteiger partial charge is 0.508 e. The molecular formula is C13H7Br3ClNO2. The fourth-order valence-corrected chi connectivity index (χ4v) is 3.69. The molecule has 2 aromatic carbocycles. The fourth-order valence-electron chi connectivity index (χ4n) is 1.49. The Morgan fingerprint density at radius 3 is 2.20 bits per heavy atom. The Kier molecular flexibility index (Phi) is 5.12. The van der Waals surface area contributed by atoms with Gasteiger partial charge in [0.1, 0.15) is 11.5 Å². The molecule has 7 heteroatoms. The summed E-state index contributed by atoms with van der Waals surface area (Å²) in [5.74, 6) is 0.0840. The normalized spacial score (nSPS) is 11.2. The number of aromatic hydroxyl groups is 2. The van der Waals surface area contributed by atoms with Gasteiger partial charge in [-0.1, -0.05) is 27.5 Å². The van der Waals surface area contributed by atoms with E-state index in [1.807, 2.05) is 0 Å². The summed E-state index contributed by atoms with van der Waals surface area (Å²) in [4.78, 5) is 4.29. The first-order valence-electron chi connectivity index (χ1n) is 5.28. The molecule has 20 heavy (non-hydrogen) atoms. The number of phenols is 2. The number of benzene rings is 2. The summed E-state index contributed by atoms with van der Waals surface area (Å²) in [5.41, 5.74) is 1.08. The summed E-state index contributed by atoms with van der Waals surface area (Å²) in [7, 11) is 0. The number of nitrogens with zero attached hydrogens (tertiary/aromatic N) is 1. The lowest BCUT2D eigenvalue weighted by atomic mass is 10.2. The van der Waals surface area contributed by atoms with E-state index in [0.717, 1.165) is 4.47 Å². The Morgan fingerprint density at radius 1 is 1.00 bits per heavy atom. The molecule has 0 heterocycles. The monoisotopic (exact) mass is 481 g/mol. The van der Waals surface area contributed by atoms with Crippen LogP contribution in [0.15, 0.2) is 42.7 Å². The molecule has 0 amide bonds. The van der Waals surface area contributed by atoms with Crippen molar-refractivity contribution in [3.05, 3.63) is 48.3 Å². The number of phenolic OH excluding ortho intramolecular Hbond substituents is 2. The van der Waals surface area contributed by atoms with Crippen molar-refractivity contribution in [1.82, 2.24) is 0 Å². The zero-order valence-electron chi connectivity index (χ0n) is 9.74. The van der Waals surface area contributed by atoms with Gasteiger partial charge in [0.25, 0.3) is 0 Å². The molecule has 0 bridgehead atoms. The molecule has 2 aromatic rings. The maximum atomic E-state index is 9.88. The third kappa shape index (κ3) is 3.55. The molecule has 0 saturated carbocycles. The lowest BCUT2D eigenvalue weighted by Crippen LogP contribution is -1.85. The molecule has 104 valence electrons. The molecule has 2 rings (SSSR count). The molecular weight excluding hydrogens is 477 g/mol. The van der Waals surface area contributed by atoms with Crippen LogP contribution < -0.4 is 0 Å². The van der Waals surface area contributed by atoms with Crippen LogP contribution in [0.25, 0.3) is 0 Å². The van der Waals surface area contributed by atoms with Crippen molar-refractivity contribution >= 4 is 71.3 Å². The maximum Gasteiger partial charge on any atom is 0.143 e. The highest BCUT2D eigenvalue weighted by atomic mass is 79.9. The lowest BCUT2D eigenvalue weighted by Gasteiger charge is -2.05. The molecule has 0 aliphatic heterocycles. The molecule has 0 fully saturated rings. The minimum atomic E-state index is -0.0374. The molecule has 0 spiro atoms. The van der Waals surface area contributed by atoms with Crippen LogP contribution in [0.4, 0.5) is 5.69 Å². The van der Waals surface area contributed by atoms with Crippen molar-refractivity contribution in [3.63, 3.8) is 0 Å². The highest BCUT2D eigenvalue weighted by Crippen LogP contribution is 2.37. The van der Waals surface area contributed by atoms with Gasteiger partial charge >= 0.3 is 0 Å². The van der Waals surface area contributed by atoms with Gasteiger partial charge in [0.15, 0.2) is 0 Å². The maximum absolute atomic E-state index is 9.88. The van der Waals surface area contributed by atoms with E-state index in [-0.39, 0.29) is 16.5 Å². The average molecular weight is 484 g/mol. The second-order valence-corrected chi connectivity index (χ2v) is 6.87. The quantitative estimate of drug-likeness (QED) is 0.531. The second kappa shape index (κ2) is 6.47. The Morgan fingerprint density at radius 2 is 1.60 bits per heavy atom. The van der Waals surface area contributed by atoms with Crippen molar-refractivity contribution in [1.29, 1.82) is 0 Å². The van der Waals surface area contributed by atoms with Crippen LogP contribution in [-0.4, -0.2) is 16.4 Å². The zero-order valence-corrected chi connectivity index (χ0v) is 15.3. The van der Waals surface area contributed by atoms with Gasteiger partial charge in [0.05, 0.1) is 10.7 Å². The second-order valence-electron chi connectivity index (χ2n) is 3.84. The first-order valence-corrected chi connectivity index (χ1v) is 8.04. The number of rotatable bonds is 2. The van der Waals surface area contributed by atoms with Gasteiger partial charge in [0, 0.05) is 25.2 Å². The molecule has 2 N–H and O–H groups in total. The standard InChI is InChI=1S/C13H7Br3ClNO2/c14-7-1-6(13(20)11(17)2-7)5-18-12-9(15)3-8(19)4-10(12)16/h1-5,19-20H. The minimum absolute atomic E-state index is 0.0374. The Hall–Kier alpha value is -0.560. The Balaban J connectivity index is 2.45. The van der Waals surface area contributed by atoms with Gasteiger partial charge in [-0.25, -0.2) is 0 Å². The highest BCUT2D eigenvalue weighted by molar-refractivity contribution is 9.11. The van der Waals surface area contributed by atoms with Crippen LogP contribution in [-0.2, 0) is 0 Å². The van der Waals surface area contributed by atoms with Crippen molar-refractivity contribution in [2.45, 2.75) is 0 Å². The van der Waals surface area contributed by atoms with E-state index < -0.39 is 0 Å². The van der Waals surface area contributed by atoms with Crippen LogP contribution in [0.5, 0.6) is 11.5 Å². The summed E-state index contributed by atoms with van der Waals surface area (Å²) >= 11 is 15.8. The third-order valence-corrected chi connectivity index (χ3v) is 4.35. The first-order chi connectivity index (χ1) is 9.38. The number of aliphatic imine (C=N–C) groups is 1. The summed E-state index contributed by atoms with van der Waals surface area (Å²) in [6.45, 7) is 0. The van der Waals surface area contributed by atoms with E-state index in [2.05, 4.69) is 52.8 Å². The summed E-state index contributed by atoms with van der Waals surface area (Å²) in [6.07, 6.45) is 1.49.